The Morgan fingerprint density at radius 1 is 0.968 bits per heavy atom. The van der Waals surface area contributed by atoms with Crippen LogP contribution in [0.15, 0.2) is 66.2 Å². The monoisotopic (exact) mass is 490 g/mol. The molecule has 0 saturated carbocycles. The number of amides is 1. The van der Waals surface area contributed by atoms with Crippen LogP contribution in [0.25, 0.3) is 6.08 Å². The number of hydrogen-bond donors (Lipinski definition) is 1. The Bertz CT molecular complexity index is 1200. The van der Waals surface area contributed by atoms with E-state index in [4.69, 9.17) is 51.1 Å². The number of ether oxygens (including phenoxy) is 1. The number of nitrogens with one attached hydrogen (secondary N) is 1. The quantitative estimate of drug-likeness (QED) is 0.288. The van der Waals surface area contributed by atoms with Gasteiger partial charge in [0.15, 0.2) is 0 Å². The van der Waals surface area contributed by atoms with Crippen molar-refractivity contribution >= 4 is 64.1 Å². The van der Waals surface area contributed by atoms with E-state index < -0.39 is 5.91 Å². The summed E-state index contributed by atoms with van der Waals surface area (Å²) in [6.45, 7) is 0.230. The number of benzene rings is 3. The lowest BCUT2D eigenvalue weighted by molar-refractivity contribution is -0.112. The number of para-hydroxylation sites is 1. The van der Waals surface area contributed by atoms with Crippen molar-refractivity contribution in [1.29, 1.82) is 5.26 Å². The molecule has 4 nitrogen and oxygen atoms in total. The van der Waals surface area contributed by atoms with Crippen molar-refractivity contribution in [2.24, 2.45) is 0 Å². The average molecular weight is 492 g/mol. The van der Waals surface area contributed by atoms with Gasteiger partial charge in [-0.2, -0.15) is 5.26 Å². The van der Waals surface area contributed by atoms with Crippen molar-refractivity contribution in [3.63, 3.8) is 0 Å². The molecule has 0 aliphatic carbocycles. The van der Waals surface area contributed by atoms with E-state index in [1.807, 2.05) is 6.07 Å². The lowest BCUT2D eigenvalue weighted by Crippen LogP contribution is -2.13. The molecule has 0 radical (unpaired) electrons. The van der Waals surface area contributed by atoms with Crippen LogP contribution in [0, 0.1) is 11.3 Å². The van der Waals surface area contributed by atoms with Crippen LogP contribution in [0.4, 0.5) is 5.69 Å². The second-order valence-electron chi connectivity index (χ2n) is 6.30. The normalized spacial score (nSPS) is 11.0. The van der Waals surface area contributed by atoms with Crippen LogP contribution < -0.4 is 10.1 Å². The van der Waals surface area contributed by atoms with Crippen LogP contribution in [0.1, 0.15) is 11.1 Å². The topological polar surface area (TPSA) is 62.1 Å². The van der Waals surface area contributed by atoms with Gasteiger partial charge in [-0.1, -0.05) is 76.7 Å². The van der Waals surface area contributed by atoms with Gasteiger partial charge in [0.25, 0.3) is 5.91 Å². The van der Waals surface area contributed by atoms with E-state index in [1.54, 1.807) is 60.7 Å². The third kappa shape index (κ3) is 5.94. The van der Waals surface area contributed by atoms with Crippen LogP contribution in [0.5, 0.6) is 5.75 Å². The number of carbonyl (C=O) groups excluding carboxylic acids is 1. The fourth-order valence-electron chi connectivity index (χ4n) is 2.62. The summed E-state index contributed by atoms with van der Waals surface area (Å²) in [4.78, 5) is 12.6. The molecular formula is C23H14Cl4N2O2. The SMILES string of the molecule is N#C/C(=C/c1ccccc1OCc1ccc(Cl)c(Cl)c1)C(=O)Nc1cccc(Cl)c1Cl. The first-order chi connectivity index (χ1) is 14.9. The van der Waals surface area contributed by atoms with E-state index in [-0.39, 0.29) is 17.2 Å². The molecule has 31 heavy (non-hydrogen) atoms. The van der Waals surface area contributed by atoms with E-state index in [2.05, 4.69) is 5.32 Å². The molecule has 1 amide bonds. The van der Waals surface area contributed by atoms with Gasteiger partial charge < -0.3 is 10.1 Å². The Kier molecular flexibility index (Phi) is 7.84. The summed E-state index contributed by atoms with van der Waals surface area (Å²) < 4.78 is 5.87. The minimum Gasteiger partial charge on any atom is -0.488 e. The molecule has 0 unspecified atom stereocenters. The largest absolute Gasteiger partial charge is 0.488 e. The third-order valence-electron chi connectivity index (χ3n) is 4.16. The van der Waals surface area contributed by atoms with Crippen molar-refractivity contribution in [2.75, 3.05) is 5.32 Å². The number of rotatable bonds is 6. The van der Waals surface area contributed by atoms with Crippen molar-refractivity contribution in [3.05, 3.63) is 97.5 Å². The van der Waals surface area contributed by atoms with E-state index in [1.165, 1.54) is 6.08 Å². The average Bonchev–Trinajstić information content (AvgIpc) is 2.76. The molecule has 0 aromatic heterocycles. The lowest BCUT2D eigenvalue weighted by atomic mass is 10.1. The molecule has 0 aliphatic rings. The van der Waals surface area contributed by atoms with Gasteiger partial charge in [0.2, 0.25) is 0 Å². The number of nitriles is 1. The Morgan fingerprint density at radius 3 is 2.48 bits per heavy atom. The van der Waals surface area contributed by atoms with Gasteiger partial charge in [0, 0.05) is 5.56 Å². The van der Waals surface area contributed by atoms with Crippen LogP contribution in [-0.4, -0.2) is 5.91 Å². The summed E-state index contributed by atoms with van der Waals surface area (Å²) in [5, 5.41) is 13.5. The number of anilines is 1. The summed E-state index contributed by atoms with van der Waals surface area (Å²) in [6.07, 6.45) is 1.44. The molecule has 1 N–H and O–H groups in total. The zero-order valence-corrected chi connectivity index (χ0v) is 18.9. The highest BCUT2D eigenvalue weighted by atomic mass is 35.5. The zero-order valence-electron chi connectivity index (χ0n) is 15.8. The standard InChI is InChI=1S/C23H14Cl4N2O2/c24-17-9-8-14(10-19(17)26)13-31-21-7-2-1-4-15(21)11-16(12-28)23(30)29-20-6-3-5-18(25)22(20)27/h1-11H,13H2,(H,29,30)/b16-11-. The van der Waals surface area contributed by atoms with Crippen molar-refractivity contribution in [2.45, 2.75) is 6.61 Å². The van der Waals surface area contributed by atoms with Gasteiger partial charge in [-0.3, -0.25) is 4.79 Å². The van der Waals surface area contributed by atoms with Gasteiger partial charge in [-0.15, -0.1) is 0 Å². The first kappa shape index (κ1) is 23.0. The maximum atomic E-state index is 12.6. The smallest absolute Gasteiger partial charge is 0.266 e. The summed E-state index contributed by atoms with van der Waals surface area (Å²) >= 11 is 24.1. The predicted molar refractivity (Wildman–Crippen MR) is 126 cm³/mol. The Balaban J connectivity index is 1.81. The maximum Gasteiger partial charge on any atom is 0.266 e. The van der Waals surface area contributed by atoms with E-state index in [9.17, 15) is 10.1 Å². The van der Waals surface area contributed by atoms with Gasteiger partial charge in [0.1, 0.15) is 24.0 Å². The van der Waals surface area contributed by atoms with Crippen molar-refractivity contribution in [3.8, 4) is 11.8 Å². The van der Waals surface area contributed by atoms with Gasteiger partial charge in [-0.05, 0) is 42.0 Å². The first-order valence-electron chi connectivity index (χ1n) is 8.92. The number of nitrogens with zero attached hydrogens (tertiary/aromatic N) is 1. The molecular weight excluding hydrogens is 478 g/mol. The molecule has 0 saturated heterocycles. The molecule has 3 aromatic carbocycles. The molecule has 0 fully saturated rings. The van der Waals surface area contributed by atoms with E-state index in [0.717, 1.165) is 5.56 Å². The molecule has 0 heterocycles. The van der Waals surface area contributed by atoms with Gasteiger partial charge in [0.05, 0.1) is 25.8 Å². The van der Waals surface area contributed by atoms with Crippen LogP contribution in [-0.2, 0) is 11.4 Å². The third-order valence-corrected chi connectivity index (χ3v) is 5.72. The second kappa shape index (κ2) is 10.6. The Hall–Kier alpha value is -2.68. The van der Waals surface area contributed by atoms with Gasteiger partial charge in [-0.25, -0.2) is 0 Å². The van der Waals surface area contributed by atoms with Crippen LogP contribution >= 0.6 is 46.4 Å². The molecule has 3 rings (SSSR count). The Labute approximate surface area is 199 Å². The zero-order chi connectivity index (χ0) is 22.4. The van der Waals surface area contributed by atoms with Crippen molar-refractivity contribution < 1.29 is 9.53 Å². The lowest BCUT2D eigenvalue weighted by Gasteiger charge is -2.11. The first-order valence-corrected chi connectivity index (χ1v) is 10.4. The molecule has 0 bridgehead atoms. The molecule has 0 aliphatic heterocycles. The number of halogens is 4. The number of hydrogen-bond acceptors (Lipinski definition) is 3. The Morgan fingerprint density at radius 2 is 1.74 bits per heavy atom. The highest BCUT2D eigenvalue weighted by Gasteiger charge is 2.14. The highest BCUT2D eigenvalue weighted by Crippen LogP contribution is 2.30. The molecule has 0 atom stereocenters. The van der Waals surface area contributed by atoms with Crippen molar-refractivity contribution in [1.82, 2.24) is 0 Å². The van der Waals surface area contributed by atoms with E-state index in [0.29, 0.717) is 32.1 Å². The molecule has 8 heteroatoms. The minimum absolute atomic E-state index is 0.123. The van der Waals surface area contributed by atoms with E-state index >= 15 is 0 Å². The van der Waals surface area contributed by atoms with Crippen LogP contribution in [0.3, 0.4) is 0 Å². The maximum absolute atomic E-state index is 12.6. The summed E-state index contributed by atoms with van der Waals surface area (Å²) in [5.74, 6) is -0.124. The highest BCUT2D eigenvalue weighted by molar-refractivity contribution is 6.44. The fourth-order valence-corrected chi connectivity index (χ4v) is 3.28. The predicted octanol–water partition coefficient (Wildman–Crippen LogP) is 7.42. The van der Waals surface area contributed by atoms with Crippen LogP contribution in [0.2, 0.25) is 20.1 Å². The summed E-state index contributed by atoms with van der Waals surface area (Å²) in [6, 6.07) is 19.0. The second-order valence-corrected chi connectivity index (χ2v) is 7.90. The molecule has 3 aromatic rings. The molecule has 156 valence electrons. The summed E-state index contributed by atoms with van der Waals surface area (Å²) in [5.41, 5.74) is 1.57. The summed E-state index contributed by atoms with van der Waals surface area (Å²) in [7, 11) is 0. The number of carbonyl (C=O) groups is 1. The molecule has 0 spiro atoms. The fraction of sp³-hybridized carbons (Fsp3) is 0.0435. The van der Waals surface area contributed by atoms with Gasteiger partial charge >= 0.3 is 0 Å². The minimum atomic E-state index is -0.619.